The van der Waals surface area contributed by atoms with Gasteiger partial charge in [0, 0.05) is 55.0 Å². The zero-order valence-corrected chi connectivity index (χ0v) is 32.2. The van der Waals surface area contributed by atoms with Crippen LogP contribution in [0, 0.1) is 19.7 Å². The first-order chi connectivity index (χ1) is 25.8. The predicted octanol–water partition coefficient (Wildman–Crippen LogP) is 4.83. The minimum atomic E-state index is -1.13. The van der Waals surface area contributed by atoms with Crippen LogP contribution in [0.15, 0.2) is 42.5 Å². The summed E-state index contributed by atoms with van der Waals surface area (Å²) in [6.45, 7) is 12.5. The monoisotopic (exact) mass is 762 g/mol. The summed E-state index contributed by atoms with van der Waals surface area (Å²) in [5.41, 5.74) is 4.56. The fraction of sp³-hybridized carbons (Fsp3) is 0.385. The van der Waals surface area contributed by atoms with E-state index in [1.165, 1.54) is 17.0 Å². The number of carboxylic acid groups (broad SMARTS) is 1. The molecule has 288 valence electrons. The van der Waals surface area contributed by atoms with Crippen molar-refractivity contribution >= 4 is 66.7 Å². The van der Waals surface area contributed by atoms with E-state index in [1.807, 2.05) is 0 Å². The van der Waals surface area contributed by atoms with Crippen LogP contribution in [0.2, 0.25) is 0 Å². The molecule has 0 fully saturated rings. The molecule has 54 heavy (non-hydrogen) atoms. The van der Waals surface area contributed by atoms with Crippen molar-refractivity contribution in [2.75, 3.05) is 43.1 Å². The number of nitrogens with one attached hydrogen (secondary N) is 4. The number of fused-ring (bicyclic) bond motifs is 1. The summed E-state index contributed by atoms with van der Waals surface area (Å²) in [4.78, 5) is 82.4. The van der Waals surface area contributed by atoms with Crippen LogP contribution in [-0.2, 0) is 30.5 Å². The van der Waals surface area contributed by atoms with Crippen molar-refractivity contribution in [2.45, 2.75) is 66.0 Å². The van der Waals surface area contributed by atoms with Crippen LogP contribution in [0.5, 0.6) is 0 Å². The molecule has 1 aliphatic rings. The van der Waals surface area contributed by atoms with E-state index < -0.39 is 29.6 Å². The maximum atomic E-state index is 14.6. The molecule has 4 amide bonds. The van der Waals surface area contributed by atoms with Crippen LogP contribution in [-0.4, -0.2) is 89.0 Å². The molecule has 0 bridgehead atoms. The number of benzene rings is 2. The number of anilines is 2. The summed E-state index contributed by atoms with van der Waals surface area (Å²) in [5, 5.41) is 17.4. The molecule has 0 spiro atoms. The standard InChI is InChI=1S/C39H48FN6O7P/c1-6-45(7-2)19-18-41-38(52)36-23(3)31(42-24(36)4)21-29-28-20-26(40)10-14-32(28)46(39(29)53)22-25-8-11-27(12-9-25)43-37(51)30(13-16-34(48)49)44-33(47)15-17-35(50)54-5/h8-12,14,20-21,30,42,54H,6-7,13,15-19,22H2,1-5H3,(H,41,52)(H,43,51)(H,44,47)(H,48,49)/b29-21-/t30-/m0/s1. The third kappa shape index (κ3) is 10.7. The largest absolute Gasteiger partial charge is 0.481 e. The number of hydrogen-bond acceptors (Lipinski definition) is 7. The highest BCUT2D eigenvalue weighted by Crippen LogP contribution is 2.39. The second-order valence-corrected chi connectivity index (χ2v) is 14.0. The molecule has 3 aromatic rings. The summed E-state index contributed by atoms with van der Waals surface area (Å²) >= 11 is 0. The molecule has 1 unspecified atom stereocenters. The Bertz CT molecular complexity index is 1920. The molecule has 0 radical (unpaired) electrons. The van der Waals surface area contributed by atoms with Gasteiger partial charge < -0.3 is 35.8 Å². The Kier molecular flexibility index (Phi) is 14.8. The molecule has 1 aliphatic heterocycles. The van der Waals surface area contributed by atoms with E-state index in [0.717, 1.165) is 19.6 Å². The Morgan fingerprint density at radius 1 is 1.02 bits per heavy atom. The number of amides is 4. The van der Waals surface area contributed by atoms with Crippen LogP contribution >= 0.6 is 8.58 Å². The minimum absolute atomic E-state index is 0.0360. The molecule has 2 atom stereocenters. The van der Waals surface area contributed by atoms with Crippen LogP contribution in [0.25, 0.3) is 11.6 Å². The summed E-state index contributed by atoms with van der Waals surface area (Å²) in [7, 11) is 0.0501. The van der Waals surface area contributed by atoms with Crippen molar-refractivity contribution < 1.29 is 38.3 Å². The topological polar surface area (TPSA) is 181 Å². The van der Waals surface area contributed by atoms with Crippen LogP contribution < -0.4 is 20.9 Å². The van der Waals surface area contributed by atoms with E-state index in [1.54, 1.807) is 56.9 Å². The summed E-state index contributed by atoms with van der Waals surface area (Å²) < 4.78 is 14.6. The van der Waals surface area contributed by atoms with E-state index in [2.05, 4.69) is 39.7 Å². The number of aryl methyl sites for hydroxylation is 1. The Morgan fingerprint density at radius 2 is 1.72 bits per heavy atom. The van der Waals surface area contributed by atoms with Gasteiger partial charge in [0.1, 0.15) is 11.9 Å². The lowest BCUT2D eigenvalue weighted by Crippen LogP contribution is -2.44. The van der Waals surface area contributed by atoms with Crippen molar-refractivity contribution in [3.05, 3.63) is 81.9 Å². The number of aliphatic carboxylic acids is 1. The summed E-state index contributed by atoms with van der Waals surface area (Å²) in [5.74, 6) is -3.35. The second-order valence-electron chi connectivity index (χ2n) is 13.0. The molecule has 15 heteroatoms. The van der Waals surface area contributed by atoms with Gasteiger partial charge in [-0.05, 0) is 87.6 Å². The molecule has 2 aromatic carbocycles. The van der Waals surface area contributed by atoms with Gasteiger partial charge in [0.15, 0.2) is 5.52 Å². The quantitative estimate of drug-likeness (QED) is 0.0851. The predicted molar refractivity (Wildman–Crippen MR) is 208 cm³/mol. The van der Waals surface area contributed by atoms with Gasteiger partial charge in [-0.2, -0.15) is 0 Å². The lowest BCUT2D eigenvalue weighted by Gasteiger charge is -2.19. The average molecular weight is 763 g/mol. The molecule has 13 nitrogen and oxygen atoms in total. The number of H-pyrrole nitrogens is 1. The van der Waals surface area contributed by atoms with Gasteiger partial charge in [0.25, 0.3) is 11.8 Å². The van der Waals surface area contributed by atoms with Crippen molar-refractivity contribution in [1.82, 2.24) is 20.5 Å². The first-order valence-electron chi connectivity index (χ1n) is 17.9. The Balaban J connectivity index is 1.49. The average Bonchev–Trinajstić information content (AvgIpc) is 3.57. The minimum Gasteiger partial charge on any atom is -0.481 e. The first kappa shape index (κ1) is 41.6. The highest BCUT2D eigenvalue weighted by Gasteiger charge is 2.33. The Labute approximate surface area is 315 Å². The van der Waals surface area contributed by atoms with Gasteiger partial charge in [-0.3, -0.25) is 28.8 Å². The normalized spacial score (nSPS) is 13.8. The van der Waals surface area contributed by atoms with E-state index in [0.29, 0.717) is 51.6 Å². The van der Waals surface area contributed by atoms with Gasteiger partial charge >= 0.3 is 5.97 Å². The van der Waals surface area contributed by atoms with Crippen molar-refractivity contribution in [2.24, 2.45) is 0 Å². The van der Waals surface area contributed by atoms with Crippen molar-refractivity contribution in [3.63, 3.8) is 0 Å². The maximum Gasteiger partial charge on any atom is 0.303 e. The molecular weight excluding hydrogens is 714 g/mol. The summed E-state index contributed by atoms with van der Waals surface area (Å²) in [6.07, 6.45) is 1.08. The van der Waals surface area contributed by atoms with Crippen molar-refractivity contribution in [3.8, 4) is 0 Å². The molecule has 0 saturated heterocycles. The SMILES string of the molecule is CCN(CC)CCNC(=O)c1c(C)[nH]c(/C=C2\C(=O)N(Cc3ccc(NC(=O)[C@H](CCC(=O)O)NC(=O)CCC(=O)PC)cc3)c3ccc(F)cc32)c1C. The third-order valence-electron chi connectivity index (χ3n) is 9.33. The smallest absolute Gasteiger partial charge is 0.303 e. The molecule has 5 N–H and O–H groups in total. The number of halogens is 1. The van der Waals surface area contributed by atoms with E-state index in [-0.39, 0.29) is 63.7 Å². The number of rotatable bonds is 19. The Hall–Kier alpha value is -5.20. The van der Waals surface area contributed by atoms with Gasteiger partial charge in [-0.1, -0.05) is 34.6 Å². The molecule has 4 rings (SSSR count). The van der Waals surface area contributed by atoms with Gasteiger partial charge in [-0.25, -0.2) is 4.39 Å². The zero-order valence-electron chi connectivity index (χ0n) is 31.2. The van der Waals surface area contributed by atoms with E-state index in [4.69, 9.17) is 5.11 Å². The van der Waals surface area contributed by atoms with Gasteiger partial charge in [0.2, 0.25) is 11.8 Å². The van der Waals surface area contributed by atoms with Crippen LogP contribution in [0.1, 0.15) is 78.0 Å². The fourth-order valence-electron chi connectivity index (χ4n) is 6.25. The highest BCUT2D eigenvalue weighted by atomic mass is 31.1. The number of aromatic nitrogens is 1. The van der Waals surface area contributed by atoms with Crippen LogP contribution in [0.3, 0.4) is 0 Å². The van der Waals surface area contributed by atoms with E-state index >= 15 is 0 Å². The lowest BCUT2D eigenvalue weighted by molar-refractivity contribution is -0.137. The van der Waals surface area contributed by atoms with E-state index in [9.17, 15) is 33.2 Å². The fourth-order valence-corrected chi connectivity index (χ4v) is 6.62. The van der Waals surface area contributed by atoms with Crippen LogP contribution in [0.4, 0.5) is 15.8 Å². The van der Waals surface area contributed by atoms with Gasteiger partial charge in [-0.15, -0.1) is 0 Å². The van der Waals surface area contributed by atoms with Crippen molar-refractivity contribution in [1.29, 1.82) is 0 Å². The zero-order chi connectivity index (χ0) is 39.5. The molecule has 0 aliphatic carbocycles. The van der Waals surface area contributed by atoms with Gasteiger partial charge in [0.05, 0.1) is 23.4 Å². The number of likely N-dealkylation sites (N-methyl/N-ethyl adjacent to an activating group) is 1. The molecule has 2 heterocycles. The first-order valence-corrected chi connectivity index (χ1v) is 19.4. The number of carbonyl (C=O) groups excluding carboxylic acids is 5. The number of aromatic amines is 1. The Morgan fingerprint density at radius 3 is 2.37 bits per heavy atom. The number of carboxylic acids is 1. The maximum absolute atomic E-state index is 14.6. The molecule has 0 saturated carbocycles. The third-order valence-corrected chi connectivity index (χ3v) is 10.1. The number of nitrogens with zero attached hydrogens (tertiary/aromatic N) is 2. The molecular formula is C39H48FN6O7P. The highest BCUT2D eigenvalue weighted by molar-refractivity contribution is 7.57. The number of carbonyl (C=O) groups is 6. The second kappa shape index (κ2) is 19.2. The lowest BCUT2D eigenvalue weighted by atomic mass is 10.0. The summed E-state index contributed by atoms with van der Waals surface area (Å²) in [6, 6.07) is 9.66. The number of hydrogen-bond donors (Lipinski definition) is 5. The molecule has 1 aromatic heterocycles.